The minimum atomic E-state index is 0.555. The highest BCUT2D eigenvalue weighted by Crippen LogP contribution is 2.33. The largest absolute Gasteiger partial charge is 0.436 e. The predicted molar refractivity (Wildman–Crippen MR) is 85.1 cm³/mol. The van der Waals surface area contributed by atoms with Crippen molar-refractivity contribution in [2.75, 3.05) is 5.73 Å². The maximum absolute atomic E-state index is 5.98. The van der Waals surface area contributed by atoms with Gasteiger partial charge in [-0.1, -0.05) is 28.1 Å². The van der Waals surface area contributed by atoms with Crippen molar-refractivity contribution in [1.29, 1.82) is 0 Å². The summed E-state index contributed by atoms with van der Waals surface area (Å²) in [5.41, 5.74) is 7.69. The summed E-state index contributed by atoms with van der Waals surface area (Å²) in [6.45, 7) is 1.99. The van der Waals surface area contributed by atoms with E-state index >= 15 is 0 Å². The van der Waals surface area contributed by atoms with Crippen LogP contribution in [0.3, 0.4) is 0 Å². The molecule has 0 amide bonds. The molecule has 3 nitrogen and oxygen atoms in total. The van der Waals surface area contributed by atoms with Gasteiger partial charge in [-0.3, -0.25) is 0 Å². The number of hydrogen-bond donors (Lipinski definition) is 1. The lowest BCUT2D eigenvalue weighted by molar-refractivity contribution is 0.471. The fourth-order valence-corrected chi connectivity index (χ4v) is 2.59. The molecule has 100 valence electrons. The van der Waals surface area contributed by atoms with E-state index in [2.05, 4.69) is 20.9 Å². The summed E-state index contributed by atoms with van der Waals surface area (Å²) in [5, 5.41) is 2.00. The summed E-state index contributed by atoms with van der Waals surface area (Å²) >= 11 is 3.53. The van der Waals surface area contributed by atoms with E-state index in [9.17, 15) is 0 Å². The van der Waals surface area contributed by atoms with Gasteiger partial charge in [-0.15, -0.1) is 0 Å². The van der Waals surface area contributed by atoms with Crippen LogP contribution in [0.5, 0.6) is 11.6 Å². The molecule has 0 unspecified atom stereocenters. The quantitative estimate of drug-likeness (QED) is 0.695. The van der Waals surface area contributed by atoms with Crippen LogP contribution < -0.4 is 10.5 Å². The number of fused-ring (bicyclic) bond motifs is 1. The van der Waals surface area contributed by atoms with E-state index in [4.69, 9.17) is 10.5 Å². The molecule has 4 heteroatoms. The number of nitrogens with zero attached hydrogens (tertiary/aromatic N) is 1. The van der Waals surface area contributed by atoms with Crippen molar-refractivity contribution < 1.29 is 4.74 Å². The fourth-order valence-electron chi connectivity index (χ4n) is 2.09. The van der Waals surface area contributed by atoms with Crippen molar-refractivity contribution in [2.45, 2.75) is 6.92 Å². The van der Waals surface area contributed by atoms with E-state index in [1.165, 1.54) is 0 Å². The Morgan fingerprint density at radius 1 is 1.10 bits per heavy atom. The van der Waals surface area contributed by atoms with Gasteiger partial charge >= 0.3 is 0 Å². The molecule has 0 bridgehead atoms. The van der Waals surface area contributed by atoms with Crippen LogP contribution in [0.15, 0.2) is 53.1 Å². The molecule has 0 radical (unpaired) electrons. The number of anilines is 1. The molecule has 3 aromatic rings. The molecular weight excluding hydrogens is 316 g/mol. The average molecular weight is 329 g/mol. The first kappa shape index (κ1) is 12.9. The van der Waals surface area contributed by atoms with Crippen LogP contribution in [-0.2, 0) is 0 Å². The molecule has 0 aliphatic carbocycles. The maximum atomic E-state index is 5.98. The van der Waals surface area contributed by atoms with Gasteiger partial charge in [0.25, 0.3) is 0 Å². The Morgan fingerprint density at radius 2 is 1.95 bits per heavy atom. The standard InChI is InChI=1S/C16H13BrN2O/c1-10-5-6-15(14(18)9-10)20-16-12-3-2-4-13(17)11(12)7-8-19-16/h2-9H,18H2,1H3. The molecule has 20 heavy (non-hydrogen) atoms. The van der Waals surface area contributed by atoms with Crippen molar-refractivity contribution in [1.82, 2.24) is 4.98 Å². The van der Waals surface area contributed by atoms with E-state index < -0.39 is 0 Å². The highest BCUT2D eigenvalue weighted by molar-refractivity contribution is 9.10. The van der Waals surface area contributed by atoms with Crippen molar-refractivity contribution in [2.24, 2.45) is 0 Å². The Kier molecular flexibility index (Phi) is 3.32. The van der Waals surface area contributed by atoms with Gasteiger partial charge in [0.05, 0.1) is 5.69 Å². The van der Waals surface area contributed by atoms with Crippen molar-refractivity contribution in [3.05, 3.63) is 58.7 Å². The molecule has 1 aromatic heterocycles. The lowest BCUT2D eigenvalue weighted by Gasteiger charge is -2.10. The van der Waals surface area contributed by atoms with Crippen LogP contribution in [0.25, 0.3) is 10.8 Å². The van der Waals surface area contributed by atoms with E-state index in [1.807, 2.05) is 49.4 Å². The average Bonchev–Trinajstić information content (AvgIpc) is 2.43. The zero-order valence-electron chi connectivity index (χ0n) is 10.9. The third-order valence-electron chi connectivity index (χ3n) is 3.09. The fraction of sp³-hybridized carbons (Fsp3) is 0.0625. The topological polar surface area (TPSA) is 48.1 Å². The Labute approximate surface area is 125 Å². The number of benzene rings is 2. The summed E-state index contributed by atoms with van der Waals surface area (Å²) in [4.78, 5) is 4.31. The molecule has 0 saturated carbocycles. The molecule has 2 aromatic carbocycles. The SMILES string of the molecule is Cc1ccc(Oc2nccc3c(Br)cccc23)c(N)c1. The number of pyridine rings is 1. The number of aromatic nitrogens is 1. The van der Waals surface area contributed by atoms with Crippen molar-refractivity contribution in [3.8, 4) is 11.6 Å². The van der Waals surface area contributed by atoms with Crippen LogP contribution in [0.4, 0.5) is 5.69 Å². The highest BCUT2D eigenvalue weighted by Gasteiger charge is 2.08. The first-order valence-corrected chi connectivity index (χ1v) is 7.01. The molecule has 0 saturated heterocycles. The Bertz CT molecular complexity index is 787. The molecule has 0 atom stereocenters. The maximum Gasteiger partial charge on any atom is 0.227 e. The first-order chi connectivity index (χ1) is 9.65. The lowest BCUT2D eigenvalue weighted by atomic mass is 10.2. The monoisotopic (exact) mass is 328 g/mol. The highest BCUT2D eigenvalue weighted by atomic mass is 79.9. The summed E-state index contributed by atoms with van der Waals surface area (Å²) in [6, 6.07) is 13.6. The number of nitrogens with two attached hydrogens (primary N) is 1. The van der Waals surface area contributed by atoms with E-state index in [1.54, 1.807) is 6.20 Å². The van der Waals surface area contributed by atoms with Gasteiger partial charge in [-0.05, 0) is 42.8 Å². The second-order valence-electron chi connectivity index (χ2n) is 4.59. The van der Waals surface area contributed by atoms with Crippen LogP contribution in [0, 0.1) is 6.92 Å². The normalized spacial score (nSPS) is 10.7. The van der Waals surface area contributed by atoms with E-state index in [-0.39, 0.29) is 0 Å². The van der Waals surface area contributed by atoms with E-state index in [0.29, 0.717) is 17.3 Å². The second kappa shape index (κ2) is 5.13. The molecule has 0 aliphatic rings. The van der Waals surface area contributed by atoms with Crippen LogP contribution >= 0.6 is 15.9 Å². The third-order valence-corrected chi connectivity index (χ3v) is 3.78. The Hall–Kier alpha value is -2.07. The summed E-state index contributed by atoms with van der Waals surface area (Å²) in [6.07, 6.45) is 1.73. The van der Waals surface area contributed by atoms with Gasteiger partial charge in [0.2, 0.25) is 5.88 Å². The number of hydrogen-bond acceptors (Lipinski definition) is 3. The predicted octanol–water partition coefficient (Wildman–Crippen LogP) is 4.68. The second-order valence-corrected chi connectivity index (χ2v) is 5.45. The number of ether oxygens (including phenoxy) is 1. The smallest absolute Gasteiger partial charge is 0.227 e. The third kappa shape index (κ3) is 2.34. The first-order valence-electron chi connectivity index (χ1n) is 6.22. The van der Waals surface area contributed by atoms with Crippen LogP contribution in [0.2, 0.25) is 0 Å². The minimum Gasteiger partial charge on any atom is -0.436 e. The molecule has 0 spiro atoms. The van der Waals surface area contributed by atoms with Gasteiger partial charge in [-0.25, -0.2) is 4.98 Å². The summed E-state index contributed by atoms with van der Waals surface area (Å²) < 4.78 is 6.89. The van der Waals surface area contributed by atoms with Crippen molar-refractivity contribution >= 4 is 32.4 Å². The zero-order valence-corrected chi connectivity index (χ0v) is 12.5. The number of nitrogen functional groups attached to an aromatic ring is 1. The van der Waals surface area contributed by atoms with Gasteiger partial charge in [0, 0.05) is 21.4 Å². The minimum absolute atomic E-state index is 0.555. The lowest BCUT2D eigenvalue weighted by Crippen LogP contribution is -1.95. The van der Waals surface area contributed by atoms with Crippen LogP contribution in [0.1, 0.15) is 5.56 Å². The molecule has 3 rings (SSSR count). The van der Waals surface area contributed by atoms with Gasteiger partial charge in [-0.2, -0.15) is 0 Å². The molecule has 1 heterocycles. The van der Waals surface area contributed by atoms with Gasteiger partial charge in [0.1, 0.15) is 0 Å². The van der Waals surface area contributed by atoms with E-state index in [0.717, 1.165) is 20.8 Å². The molecule has 0 aliphatic heterocycles. The Balaban J connectivity index is 2.09. The molecule has 0 fully saturated rings. The van der Waals surface area contributed by atoms with Gasteiger partial charge < -0.3 is 10.5 Å². The number of rotatable bonds is 2. The number of aryl methyl sites for hydroxylation is 1. The Morgan fingerprint density at radius 3 is 2.75 bits per heavy atom. The van der Waals surface area contributed by atoms with Crippen LogP contribution in [-0.4, -0.2) is 4.98 Å². The molecular formula is C16H13BrN2O. The zero-order chi connectivity index (χ0) is 14.1. The summed E-state index contributed by atoms with van der Waals surface area (Å²) in [5.74, 6) is 1.18. The molecule has 2 N–H and O–H groups in total. The summed E-state index contributed by atoms with van der Waals surface area (Å²) in [7, 11) is 0. The number of halogens is 1. The van der Waals surface area contributed by atoms with Gasteiger partial charge in [0.15, 0.2) is 5.75 Å². The van der Waals surface area contributed by atoms with Crippen molar-refractivity contribution in [3.63, 3.8) is 0 Å².